The smallest absolute Gasteiger partial charge is 0.330 e. The third kappa shape index (κ3) is 6.29. The van der Waals surface area contributed by atoms with E-state index in [0.29, 0.717) is 5.56 Å². The quantitative estimate of drug-likeness (QED) is 0.644. The molecule has 1 aromatic rings. The van der Waals surface area contributed by atoms with Gasteiger partial charge in [-0.25, -0.2) is 9.59 Å². The Morgan fingerprint density at radius 3 is 2.38 bits per heavy atom. The van der Waals surface area contributed by atoms with Crippen LogP contribution in [0.15, 0.2) is 30.3 Å². The van der Waals surface area contributed by atoms with Crippen molar-refractivity contribution in [1.82, 2.24) is 10.6 Å². The molecule has 0 aromatic heterocycles. The molecule has 5 heteroatoms. The molecule has 0 saturated carbocycles. The standard InChI is InChI=1S/C16H24N2O3/c1-3-4-6-9-12(2)17-16(21)18-14(15(19)20)13-10-7-5-8-11-13/h5,7-8,10-12,14H,3-4,6,9H2,1-2H3,(H,19,20)(H2,17,18,21)/t12?,14-/m1/s1. The van der Waals surface area contributed by atoms with E-state index in [0.717, 1.165) is 25.7 Å². The highest BCUT2D eigenvalue weighted by atomic mass is 16.4. The van der Waals surface area contributed by atoms with Gasteiger partial charge in [-0.15, -0.1) is 0 Å². The predicted octanol–water partition coefficient (Wildman–Crippen LogP) is 3.08. The zero-order valence-corrected chi connectivity index (χ0v) is 12.6. The van der Waals surface area contributed by atoms with Crippen molar-refractivity contribution in [2.75, 3.05) is 0 Å². The van der Waals surface area contributed by atoms with E-state index >= 15 is 0 Å². The number of carboxylic acids is 1. The van der Waals surface area contributed by atoms with Crippen LogP contribution in [0.1, 0.15) is 51.1 Å². The van der Waals surface area contributed by atoms with Crippen molar-refractivity contribution in [3.63, 3.8) is 0 Å². The topological polar surface area (TPSA) is 78.4 Å². The molecule has 0 heterocycles. The number of amides is 2. The summed E-state index contributed by atoms with van der Waals surface area (Å²) in [5, 5.41) is 14.5. The van der Waals surface area contributed by atoms with Gasteiger partial charge in [0.05, 0.1) is 0 Å². The second-order valence-electron chi connectivity index (χ2n) is 5.20. The van der Waals surface area contributed by atoms with E-state index < -0.39 is 18.0 Å². The summed E-state index contributed by atoms with van der Waals surface area (Å²) >= 11 is 0. The van der Waals surface area contributed by atoms with Gasteiger partial charge in [0.25, 0.3) is 0 Å². The average Bonchev–Trinajstić information content (AvgIpc) is 2.45. The Labute approximate surface area is 125 Å². The van der Waals surface area contributed by atoms with E-state index in [1.807, 2.05) is 6.92 Å². The van der Waals surface area contributed by atoms with Crippen molar-refractivity contribution >= 4 is 12.0 Å². The first-order valence-corrected chi connectivity index (χ1v) is 7.39. The van der Waals surface area contributed by atoms with Crippen LogP contribution in [-0.4, -0.2) is 23.1 Å². The van der Waals surface area contributed by atoms with Gasteiger partial charge in [-0.1, -0.05) is 56.5 Å². The zero-order valence-electron chi connectivity index (χ0n) is 12.6. The lowest BCUT2D eigenvalue weighted by molar-refractivity contribution is -0.139. The number of hydrogen-bond acceptors (Lipinski definition) is 2. The normalized spacial score (nSPS) is 13.2. The number of carboxylic acid groups (broad SMARTS) is 1. The predicted molar refractivity (Wildman–Crippen MR) is 82.1 cm³/mol. The van der Waals surface area contributed by atoms with E-state index in [-0.39, 0.29) is 6.04 Å². The van der Waals surface area contributed by atoms with Crippen LogP contribution in [0.3, 0.4) is 0 Å². The van der Waals surface area contributed by atoms with Gasteiger partial charge in [-0.2, -0.15) is 0 Å². The summed E-state index contributed by atoms with van der Waals surface area (Å²) in [5.41, 5.74) is 0.554. The molecule has 5 nitrogen and oxygen atoms in total. The lowest BCUT2D eigenvalue weighted by atomic mass is 10.1. The second kappa shape index (κ2) is 9.00. The summed E-state index contributed by atoms with van der Waals surface area (Å²) < 4.78 is 0. The number of aliphatic carboxylic acids is 1. The molecule has 0 aliphatic rings. The zero-order chi connectivity index (χ0) is 15.7. The van der Waals surface area contributed by atoms with Gasteiger partial charge < -0.3 is 15.7 Å². The number of nitrogens with one attached hydrogen (secondary N) is 2. The molecule has 116 valence electrons. The molecule has 2 amide bonds. The Morgan fingerprint density at radius 1 is 1.14 bits per heavy atom. The fraction of sp³-hybridized carbons (Fsp3) is 0.500. The molecular weight excluding hydrogens is 268 g/mol. The summed E-state index contributed by atoms with van der Waals surface area (Å²) in [6.45, 7) is 4.05. The number of carbonyl (C=O) groups is 2. The van der Waals surface area contributed by atoms with Crippen molar-refractivity contribution in [3.05, 3.63) is 35.9 Å². The van der Waals surface area contributed by atoms with Crippen molar-refractivity contribution in [2.45, 2.75) is 51.6 Å². The highest BCUT2D eigenvalue weighted by Crippen LogP contribution is 2.12. The van der Waals surface area contributed by atoms with Crippen molar-refractivity contribution in [1.29, 1.82) is 0 Å². The van der Waals surface area contributed by atoms with E-state index in [9.17, 15) is 14.7 Å². The van der Waals surface area contributed by atoms with Crippen LogP contribution in [0.5, 0.6) is 0 Å². The highest BCUT2D eigenvalue weighted by Gasteiger charge is 2.22. The van der Waals surface area contributed by atoms with Gasteiger partial charge in [0.1, 0.15) is 0 Å². The van der Waals surface area contributed by atoms with Crippen LogP contribution in [0.2, 0.25) is 0 Å². The Morgan fingerprint density at radius 2 is 1.81 bits per heavy atom. The molecule has 0 aliphatic carbocycles. The van der Waals surface area contributed by atoms with Crippen molar-refractivity contribution < 1.29 is 14.7 Å². The summed E-state index contributed by atoms with van der Waals surface area (Å²) in [7, 11) is 0. The molecule has 0 fully saturated rings. The molecule has 21 heavy (non-hydrogen) atoms. The van der Waals surface area contributed by atoms with E-state index in [1.54, 1.807) is 30.3 Å². The Balaban J connectivity index is 2.52. The molecule has 1 rings (SSSR count). The van der Waals surface area contributed by atoms with Gasteiger partial charge in [-0.3, -0.25) is 0 Å². The molecule has 3 N–H and O–H groups in total. The maximum Gasteiger partial charge on any atom is 0.330 e. The van der Waals surface area contributed by atoms with Crippen LogP contribution in [-0.2, 0) is 4.79 Å². The van der Waals surface area contributed by atoms with E-state index in [1.165, 1.54) is 0 Å². The second-order valence-corrected chi connectivity index (χ2v) is 5.20. The average molecular weight is 292 g/mol. The number of carbonyl (C=O) groups excluding carboxylic acids is 1. The van der Waals surface area contributed by atoms with E-state index in [4.69, 9.17) is 0 Å². The van der Waals surface area contributed by atoms with Gasteiger partial charge in [-0.05, 0) is 18.9 Å². The molecule has 2 atom stereocenters. The van der Waals surface area contributed by atoms with Crippen LogP contribution in [0, 0.1) is 0 Å². The number of urea groups is 1. The van der Waals surface area contributed by atoms with Crippen LogP contribution in [0.25, 0.3) is 0 Å². The third-order valence-corrected chi connectivity index (χ3v) is 3.27. The fourth-order valence-corrected chi connectivity index (χ4v) is 2.10. The monoisotopic (exact) mass is 292 g/mol. The molecule has 0 radical (unpaired) electrons. The van der Waals surface area contributed by atoms with Crippen LogP contribution >= 0.6 is 0 Å². The Hall–Kier alpha value is -2.04. The molecule has 0 aliphatic heterocycles. The Bertz CT molecular complexity index is 448. The molecule has 1 unspecified atom stereocenters. The first kappa shape index (κ1) is 17.0. The number of benzene rings is 1. The molecule has 0 bridgehead atoms. The maximum absolute atomic E-state index is 11.9. The fourth-order valence-electron chi connectivity index (χ4n) is 2.10. The molecule has 1 aromatic carbocycles. The lowest BCUT2D eigenvalue weighted by Crippen LogP contribution is -2.44. The third-order valence-electron chi connectivity index (χ3n) is 3.27. The number of hydrogen-bond donors (Lipinski definition) is 3. The van der Waals surface area contributed by atoms with E-state index in [2.05, 4.69) is 17.6 Å². The van der Waals surface area contributed by atoms with Crippen LogP contribution < -0.4 is 10.6 Å². The van der Waals surface area contributed by atoms with Crippen molar-refractivity contribution in [2.24, 2.45) is 0 Å². The van der Waals surface area contributed by atoms with Gasteiger partial charge >= 0.3 is 12.0 Å². The molecular formula is C16H24N2O3. The Kier molecular flexibility index (Phi) is 7.29. The highest BCUT2D eigenvalue weighted by molar-refractivity contribution is 5.83. The summed E-state index contributed by atoms with van der Waals surface area (Å²) in [6.07, 6.45) is 4.22. The van der Waals surface area contributed by atoms with Crippen molar-refractivity contribution in [3.8, 4) is 0 Å². The first-order valence-electron chi connectivity index (χ1n) is 7.39. The number of rotatable bonds is 8. The molecule has 0 spiro atoms. The SMILES string of the molecule is CCCCCC(C)NC(=O)N[C@@H](C(=O)O)c1ccccc1. The van der Waals surface area contributed by atoms with Gasteiger partial charge in [0.2, 0.25) is 0 Å². The summed E-state index contributed by atoms with van der Waals surface area (Å²) in [6, 6.07) is 7.22. The minimum atomic E-state index is -1.07. The largest absolute Gasteiger partial charge is 0.479 e. The number of unbranched alkanes of at least 4 members (excludes halogenated alkanes) is 2. The minimum absolute atomic E-state index is 0.0294. The summed E-state index contributed by atoms with van der Waals surface area (Å²) in [5.74, 6) is -1.07. The minimum Gasteiger partial charge on any atom is -0.479 e. The first-order chi connectivity index (χ1) is 10.0. The molecule has 0 saturated heterocycles. The van der Waals surface area contributed by atoms with Gasteiger partial charge in [0.15, 0.2) is 6.04 Å². The van der Waals surface area contributed by atoms with Crippen LogP contribution in [0.4, 0.5) is 4.79 Å². The maximum atomic E-state index is 11.9. The van der Waals surface area contributed by atoms with Gasteiger partial charge in [0, 0.05) is 6.04 Å². The lowest BCUT2D eigenvalue weighted by Gasteiger charge is -2.18. The summed E-state index contributed by atoms with van der Waals surface area (Å²) in [4.78, 5) is 23.2.